The van der Waals surface area contributed by atoms with Crippen LogP contribution in [0.3, 0.4) is 0 Å². The molecule has 2 heterocycles. The van der Waals surface area contributed by atoms with Gasteiger partial charge in [-0.2, -0.15) is 0 Å². The number of nitro benzene ring substituents is 1. The van der Waals surface area contributed by atoms with Gasteiger partial charge in [-0.25, -0.2) is 9.97 Å². The zero-order valence-corrected chi connectivity index (χ0v) is 17.8. The minimum absolute atomic E-state index is 0.00688. The fourth-order valence-corrected chi connectivity index (χ4v) is 3.99. The van der Waals surface area contributed by atoms with E-state index in [0.717, 1.165) is 5.56 Å². The van der Waals surface area contributed by atoms with Gasteiger partial charge in [-0.3, -0.25) is 14.9 Å². The molecule has 4 aromatic rings. The van der Waals surface area contributed by atoms with Crippen molar-refractivity contribution in [3.63, 3.8) is 0 Å². The van der Waals surface area contributed by atoms with E-state index < -0.39 is 4.92 Å². The second kappa shape index (κ2) is 8.65. The van der Waals surface area contributed by atoms with Gasteiger partial charge in [0.2, 0.25) is 5.91 Å². The lowest BCUT2D eigenvalue weighted by Crippen LogP contribution is -2.12. The third-order valence-corrected chi connectivity index (χ3v) is 5.74. The molecule has 1 amide bonds. The smallest absolute Gasteiger partial charge is 0.270 e. The molecule has 0 fully saturated rings. The molecule has 9 heteroatoms. The van der Waals surface area contributed by atoms with Crippen LogP contribution in [0.5, 0.6) is 0 Å². The average molecular weight is 436 g/mol. The van der Waals surface area contributed by atoms with Gasteiger partial charge in [0.25, 0.3) is 5.69 Å². The van der Waals surface area contributed by atoms with Crippen molar-refractivity contribution >= 4 is 38.3 Å². The van der Waals surface area contributed by atoms with Crippen LogP contribution in [0.15, 0.2) is 53.1 Å². The molecule has 0 radical (unpaired) electrons. The van der Waals surface area contributed by atoms with Crippen LogP contribution in [0.4, 0.5) is 10.8 Å². The van der Waals surface area contributed by atoms with E-state index in [2.05, 4.69) is 41.3 Å². The molecule has 0 saturated heterocycles. The summed E-state index contributed by atoms with van der Waals surface area (Å²) in [6.07, 6.45) is 2.20. The standard InChI is InChI=1S/C22H20N4O4S/c1-13(2)14-3-5-15(6-4-14)18-12-23-21(30-18)10-9-20(27)25-22-24-17-8-7-16(26(28)29)11-19(17)31-22/h3-8,11-13H,9-10H2,1-2H3,(H,24,25,27). The summed E-state index contributed by atoms with van der Waals surface area (Å²) in [6.45, 7) is 4.29. The van der Waals surface area contributed by atoms with Crippen molar-refractivity contribution in [2.75, 3.05) is 5.32 Å². The van der Waals surface area contributed by atoms with Gasteiger partial charge >= 0.3 is 0 Å². The number of rotatable bonds is 7. The molecular formula is C22H20N4O4S. The monoisotopic (exact) mass is 436 g/mol. The van der Waals surface area contributed by atoms with E-state index in [1.807, 2.05) is 12.1 Å². The molecule has 4 rings (SSSR count). The van der Waals surface area contributed by atoms with Crippen molar-refractivity contribution in [2.45, 2.75) is 32.6 Å². The predicted octanol–water partition coefficient (Wildman–Crippen LogP) is 5.55. The van der Waals surface area contributed by atoms with Crippen molar-refractivity contribution in [1.29, 1.82) is 0 Å². The molecule has 158 valence electrons. The first-order valence-corrected chi connectivity index (χ1v) is 10.6. The number of amides is 1. The number of hydrogen-bond donors (Lipinski definition) is 1. The van der Waals surface area contributed by atoms with Gasteiger partial charge in [0, 0.05) is 30.5 Å². The number of nitro groups is 1. The Bertz CT molecular complexity index is 1240. The number of aryl methyl sites for hydroxylation is 1. The van der Waals surface area contributed by atoms with Crippen LogP contribution in [0.2, 0.25) is 0 Å². The number of carbonyl (C=O) groups excluding carboxylic acids is 1. The summed E-state index contributed by atoms with van der Waals surface area (Å²) in [5.74, 6) is 1.38. The number of benzene rings is 2. The van der Waals surface area contributed by atoms with Crippen LogP contribution in [-0.2, 0) is 11.2 Å². The second-order valence-corrected chi connectivity index (χ2v) is 8.40. The number of aromatic nitrogens is 2. The zero-order valence-electron chi connectivity index (χ0n) is 17.0. The Balaban J connectivity index is 1.36. The molecule has 0 bridgehead atoms. The Morgan fingerprint density at radius 2 is 2.00 bits per heavy atom. The molecule has 0 aliphatic heterocycles. The first-order chi connectivity index (χ1) is 14.9. The summed E-state index contributed by atoms with van der Waals surface area (Å²) in [7, 11) is 0. The van der Waals surface area contributed by atoms with Gasteiger partial charge in [0.15, 0.2) is 16.8 Å². The van der Waals surface area contributed by atoms with Crippen molar-refractivity contribution in [2.24, 2.45) is 0 Å². The molecule has 0 aliphatic carbocycles. The lowest BCUT2D eigenvalue weighted by atomic mass is 10.0. The van der Waals surface area contributed by atoms with Crippen LogP contribution in [-0.4, -0.2) is 20.8 Å². The number of anilines is 1. The van der Waals surface area contributed by atoms with Crippen LogP contribution in [0.1, 0.15) is 37.6 Å². The minimum atomic E-state index is -0.458. The highest BCUT2D eigenvalue weighted by molar-refractivity contribution is 7.22. The average Bonchev–Trinajstić information content (AvgIpc) is 3.38. The number of thiazole rings is 1. The van der Waals surface area contributed by atoms with Crippen LogP contribution >= 0.6 is 11.3 Å². The van der Waals surface area contributed by atoms with E-state index in [-0.39, 0.29) is 18.0 Å². The van der Waals surface area contributed by atoms with Crippen molar-refractivity contribution < 1.29 is 14.1 Å². The number of oxazole rings is 1. The molecule has 31 heavy (non-hydrogen) atoms. The zero-order chi connectivity index (χ0) is 22.0. The molecule has 2 aromatic heterocycles. The Morgan fingerprint density at radius 1 is 1.23 bits per heavy atom. The fraction of sp³-hybridized carbons (Fsp3) is 0.227. The van der Waals surface area contributed by atoms with Gasteiger partial charge < -0.3 is 9.73 Å². The van der Waals surface area contributed by atoms with Crippen LogP contribution < -0.4 is 5.32 Å². The third-order valence-electron chi connectivity index (χ3n) is 4.81. The van der Waals surface area contributed by atoms with E-state index in [9.17, 15) is 14.9 Å². The summed E-state index contributed by atoms with van der Waals surface area (Å²) in [5.41, 5.74) is 2.79. The molecule has 0 spiro atoms. The van der Waals surface area contributed by atoms with E-state index in [1.54, 1.807) is 12.3 Å². The number of carbonyl (C=O) groups is 1. The van der Waals surface area contributed by atoms with Crippen molar-refractivity contribution in [3.05, 3.63) is 70.2 Å². The van der Waals surface area contributed by atoms with Crippen molar-refractivity contribution in [3.8, 4) is 11.3 Å². The number of non-ortho nitro benzene ring substituents is 1. The molecule has 0 unspecified atom stereocenters. The Kier molecular flexibility index (Phi) is 5.77. The summed E-state index contributed by atoms with van der Waals surface area (Å²) in [6, 6.07) is 12.6. The van der Waals surface area contributed by atoms with E-state index in [4.69, 9.17) is 4.42 Å². The second-order valence-electron chi connectivity index (χ2n) is 7.37. The van der Waals surface area contributed by atoms with Crippen molar-refractivity contribution in [1.82, 2.24) is 9.97 Å². The van der Waals surface area contributed by atoms with Gasteiger partial charge in [0.05, 0.1) is 21.3 Å². The summed E-state index contributed by atoms with van der Waals surface area (Å²) in [5, 5.41) is 14.0. The SMILES string of the molecule is CC(C)c1ccc(-c2cnc(CCC(=O)Nc3nc4ccc([N+](=O)[O-])cc4s3)o2)cc1. The number of nitrogens with one attached hydrogen (secondary N) is 1. The molecular weight excluding hydrogens is 416 g/mol. The van der Waals surface area contributed by atoms with E-state index in [1.165, 1.54) is 29.0 Å². The molecule has 0 atom stereocenters. The quantitative estimate of drug-likeness (QED) is 0.300. The number of hydrogen-bond acceptors (Lipinski definition) is 7. The minimum Gasteiger partial charge on any atom is -0.441 e. The highest BCUT2D eigenvalue weighted by atomic mass is 32.1. The van der Waals surface area contributed by atoms with Gasteiger partial charge in [0.1, 0.15) is 0 Å². The first-order valence-electron chi connectivity index (χ1n) is 9.79. The Hall–Kier alpha value is -3.59. The lowest BCUT2D eigenvalue weighted by Gasteiger charge is -2.05. The molecule has 0 saturated carbocycles. The molecule has 0 aliphatic rings. The summed E-state index contributed by atoms with van der Waals surface area (Å²) in [4.78, 5) is 31.3. The van der Waals surface area contributed by atoms with Gasteiger partial charge in [-0.15, -0.1) is 0 Å². The van der Waals surface area contributed by atoms with Gasteiger partial charge in [-0.1, -0.05) is 49.4 Å². The Labute approximate surface area is 182 Å². The molecule has 8 nitrogen and oxygen atoms in total. The topological polar surface area (TPSA) is 111 Å². The van der Waals surface area contributed by atoms with E-state index >= 15 is 0 Å². The van der Waals surface area contributed by atoms with E-state index in [0.29, 0.717) is 39.3 Å². The predicted molar refractivity (Wildman–Crippen MR) is 119 cm³/mol. The maximum absolute atomic E-state index is 12.3. The number of nitrogens with zero attached hydrogens (tertiary/aromatic N) is 3. The van der Waals surface area contributed by atoms with Crippen LogP contribution in [0.25, 0.3) is 21.5 Å². The third kappa shape index (κ3) is 4.77. The fourth-order valence-electron chi connectivity index (χ4n) is 3.07. The first kappa shape index (κ1) is 20.7. The number of fused-ring (bicyclic) bond motifs is 1. The maximum Gasteiger partial charge on any atom is 0.270 e. The largest absolute Gasteiger partial charge is 0.441 e. The molecule has 1 N–H and O–H groups in total. The van der Waals surface area contributed by atoms with Crippen LogP contribution in [0, 0.1) is 10.1 Å². The Morgan fingerprint density at radius 3 is 2.71 bits per heavy atom. The summed E-state index contributed by atoms with van der Waals surface area (Å²) >= 11 is 1.20. The van der Waals surface area contributed by atoms with Gasteiger partial charge in [-0.05, 0) is 17.5 Å². The molecule has 2 aromatic carbocycles. The maximum atomic E-state index is 12.3. The lowest BCUT2D eigenvalue weighted by molar-refractivity contribution is -0.384. The summed E-state index contributed by atoms with van der Waals surface area (Å²) < 4.78 is 6.43. The highest BCUT2D eigenvalue weighted by Crippen LogP contribution is 2.29. The normalized spacial score (nSPS) is 11.2. The highest BCUT2D eigenvalue weighted by Gasteiger charge is 2.13.